The van der Waals surface area contributed by atoms with E-state index in [1.165, 1.54) is 16.4 Å². The number of hydrogen-bond acceptors (Lipinski definition) is 4. The number of hydrogen-bond donors (Lipinski definition) is 2. The van der Waals surface area contributed by atoms with E-state index in [2.05, 4.69) is 41.6 Å². The van der Waals surface area contributed by atoms with Crippen LogP contribution in [-0.2, 0) is 17.8 Å². The largest absolute Gasteiger partial charge is 0.476 e. The first kappa shape index (κ1) is 17.7. The molecule has 1 atom stereocenters. The molecule has 0 bridgehead atoms. The molecule has 0 saturated heterocycles. The van der Waals surface area contributed by atoms with Crippen molar-refractivity contribution in [3.63, 3.8) is 0 Å². The molecule has 1 aromatic carbocycles. The number of nitrogens with zero attached hydrogens (tertiary/aromatic N) is 3. The number of aromatic carboxylic acids is 1. The summed E-state index contributed by atoms with van der Waals surface area (Å²) in [6.45, 7) is 6.18. The molecule has 7 heteroatoms. The fourth-order valence-corrected chi connectivity index (χ4v) is 2.41. The SMILES string of the molecule is CC(C)Cc1ccc(C(C)NC(=O)Cn2cc(C(=O)O)nn2)cc1. The molecule has 1 amide bonds. The van der Waals surface area contributed by atoms with Gasteiger partial charge in [-0.05, 0) is 30.4 Å². The Morgan fingerprint density at radius 2 is 1.88 bits per heavy atom. The van der Waals surface area contributed by atoms with Crippen LogP contribution in [0.3, 0.4) is 0 Å². The van der Waals surface area contributed by atoms with Crippen molar-refractivity contribution in [2.45, 2.75) is 39.8 Å². The standard InChI is InChI=1S/C17H22N4O3/c1-11(2)8-13-4-6-14(7-5-13)12(3)18-16(22)10-21-9-15(17(23)24)19-20-21/h4-7,9,11-12H,8,10H2,1-3H3,(H,18,22)(H,23,24). The van der Waals surface area contributed by atoms with Crippen molar-refractivity contribution in [1.82, 2.24) is 20.3 Å². The summed E-state index contributed by atoms with van der Waals surface area (Å²) in [7, 11) is 0. The third-order valence-electron chi connectivity index (χ3n) is 3.56. The summed E-state index contributed by atoms with van der Waals surface area (Å²) >= 11 is 0. The van der Waals surface area contributed by atoms with Gasteiger partial charge in [-0.2, -0.15) is 0 Å². The van der Waals surface area contributed by atoms with Gasteiger partial charge in [0.2, 0.25) is 5.91 Å². The number of aromatic nitrogens is 3. The molecule has 1 unspecified atom stereocenters. The van der Waals surface area contributed by atoms with Gasteiger partial charge in [-0.1, -0.05) is 43.3 Å². The van der Waals surface area contributed by atoms with Gasteiger partial charge < -0.3 is 10.4 Å². The van der Waals surface area contributed by atoms with Crippen LogP contribution < -0.4 is 5.32 Å². The topological polar surface area (TPSA) is 97.1 Å². The van der Waals surface area contributed by atoms with Crippen LogP contribution in [0.15, 0.2) is 30.5 Å². The minimum atomic E-state index is -1.17. The van der Waals surface area contributed by atoms with Gasteiger partial charge in [-0.15, -0.1) is 5.10 Å². The molecule has 0 aliphatic rings. The van der Waals surface area contributed by atoms with Crippen LogP contribution in [-0.4, -0.2) is 32.0 Å². The van der Waals surface area contributed by atoms with E-state index in [9.17, 15) is 9.59 Å². The summed E-state index contributed by atoms with van der Waals surface area (Å²) in [6, 6.07) is 8.04. The predicted molar refractivity (Wildman–Crippen MR) is 88.5 cm³/mol. The number of benzene rings is 1. The van der Waals surface area contributed by atoms with Crippen LogP contribution in [0.25, 0.3) is 0 Å². The molecule has 2 aromatic rings. The van der Waals surface area contributed by atoms with Gasteiger partial charge in [0.1, 0.15) is 6.54 Å². The van der Waals surface area contributed by atoms with Gasteiger partial charge >= 0.3 is 5.97 Å². The molecule has 1 heterocycles. The minimum absolute atomic E-state index is 0.0734. The van der Waals surface area contributed by atoms with Gasteiger partial charge in [0, 0.05) is 0 Å². The predicted octanol–water partition coefficient (Wildman–Crippen LogP) is 2.05. The quantitative estimate of drug-likeness (QED) is 0.810. The molecule has 2 N–H and O–H groups in total. The molecule has 0 spiro atoms. The first-order valence-corrected chi connectivity index (χ1v) is 7.86. The van der Waals surface area contributed by atoms with E-state index in [1.807, 2.05) is 19.1 Å². The molecular weight excluding hydrogens is 308 g/mol. The molecule has 7 nitrogen and oxygen atoms in total. The molecule has 0 aliphatic carbocycles. The molecular formula is C17H22N4O3. The zero-order valence-electron chi connectivity index (χ0n) is 14.1. The van der Waals surface area contributed by atoms with Crippen molar-refractivity contribution in [3.05, 3.63) is 47.3 Å². The highest BCUT2D eigenvalue weighted by molar-refractivity contribution is 5.84. The van der Waals surface area contributed by atoms with Crippen molar-refractivity contribution in [1.29, 1.82) is 0 Å². The summed E-state index contributed by atoms with van der Waals surface area (Å²) in [5.74, 6) is -0.821. The maximum Gasteiger partial charge on any atom is 0.358 e. The molecule has 128 valence electrons. The van der Waals surface area contributed by atoms with Crippen LogP contribution in [0.4, 0.5) is 0 Å². The van der Waals surface area contributed by atoms with E-state index in [0.717, 1.165) is 12.0 Å². The van der Waals surface area contributed by atoms with E-state index in [4.69, 9.17) is 5.11 Å². The highest BCUT2D eigenvalue weighted by atomic mass is 16.4. The Balaban J connectivity index is 1.91. The Bertz CT molecular complexity index is 707. The number of carbonyl (C=O) groups excluding carboxylic acids is 1. The van der Waals surface area contributed by atoms with Crippen molar-refractivity contribution < 1.29 is 14.7 Å². The average Bonchev–Trinajstić information content (AvgIpc) is 2.95. The number of rotatable bonds is 7. The second kappa shape index (κ2) is 7.72. The number of carboxylic acids is 1. The lowest BCUT2D eigenvalue weighted by Crippen LogP contribution is -2.30. The van der Waals surface area contributed by atoms with E-state index in [0.29, 0.717) is 5.92 Å². The van der Waals surface area contributed by atoms with Crippen LogP contribution in [0.5, 0.6) is 0 Å². The zero-order valence-corrected chi connectivity index (χ0v) is 14.1. The summed E-state index contributed by atoms with van der Waals surface area (Å²) in [4.78, 5) is 22.8. The molecule has 24 heavy (non-hydrogen) atoms. The monoisotopic (exact) mass is 330 g/mol. The second-order valence-electron chi connectivity index (χ2n) is 6.24. The van der Waals surface area contributed by atoms with Crippen molar-refractivity contribution >= 4 is 11.9 Å². The summed E-state index contributed by atoms with van der Waals surface area (Å²) in [6.07, 6.45) is 2.26. The zero-order chi connectivity index (χ0) is 17.7. The lowest BCUT2D eigenvalue weighted by atomic mass is 10.00. The van der Waals surface area contributed by atoms with Gasteiger partial charge in [0.05, 0.1) is 12.2 Å². The third-order valence-corrected chi connectivity index (χ3v) is 3.56. The first-order valence-electron chi connectivity index (χ1n) is 7.86. The van der Waals surface area contributed by atoms with Crippen molar-refractivity contribution in [2.24, 2.45) is 5.92 Å². The van der Waals surface area contributed by atoms with E-state index in [-0.39, 0.29) is 24.2 Å². The van der Waals surface area contributed by atoms with Crippen LogP contribution >= 0.6 is 0 Å². The number of carboxylic acid groups (broad SMARTS) is 1. The van der Waals surface area contributed by atoms with Gasteiger partial charge in [-0.3, -0.25) is 4.79 Å². The van der Waals surface area contributed by atoms with Crippen molar-refractivity contribution in [3.8, 4) is 0 Å². The molecule has 0 fully saturated rings. The highest BCUT2D eigenvalue weighted by Gasteiger charge is 2.13. The highest BCUT2D eigenvalue weighted by Crippen LogP contribution is 2.15. The fourth-order valence-electron chi connectivity index (χ4n) is 2.41. The second-order valence-corrected chi connectivity index (χ2v) is 6.24. The third kappa shape index (κ3) is 4.91. The number of carbonyl (C=O) groups is 2. The molecule has 0 aliphatic heterocycles. The summed E-state index contributed by atoms with van der Waals surface area (Å²) in [5, 5.41) is 18.7. The Hall–Kier alpha value is -2.70. The van der Waals surface area contributed by atoms with Gasteiger partial charge in [0.25, 0.3) is 0 Å². The maximum absolute atomic E-state index is 12.0. The Labute approximate surface area is 140 Å². The molecule has 1 aromatic heterocycles. The van der Waals surface area contributed by atoms with Crippen molar-refractivity contribution in [2.75, 3.05) is 0 Å². The Kier molecular flexibility index (Phi) is 5.68. The Morgan fingerprint density at radius 1 is 1.21 bits per heavy atom. The first-order chi connectivity index (χ1) is 11.3. The molecule has 0 saturated carbocycles. The van der Waals surface area contributed by atoms with Crippen LogP contribution in [0, 0.1) is 5.92 Å². The Morgan fingerprint density at radius 3 is 2.42 bits per heavy atom. The molecule has 0 radical (unpaired) electrons. The van der Waals surface area contributed by atoms with Gasteiger partial charge in [0.15, 0.2) is 5.69 Å². The minimum Gasteiger partial charge on any atom is -0.476 e. The fraction of sp³-hybridized carbons (Fsp3) is 0.412. The maximum atomic E-state index is 12.0. The van der Waals surface area contributed by atoms with Crippen LogP contribution in [0.1, 0.15) is 48.4 Å². The normalized spacial score (nSPS) is 12.2. The van der Waals surface area contributed by atoms with E-state index >= 15 is 0 Å². The number of amides is 1. The lowest BCUT2D eigenvalue weighted by Gasteiger charge is -2.15. The van der Waals surface area contributed by atoms with E-state index < -0.39 is 5.97 Å². The van der Waals surface area contributed by atoms with Gasteiger partial charge in [-0.25, -0.2) is 9.48 Å². The van der Waals surface area contributed by atoms with Crippen LogP contribution in [0.2, 0.25) is 0 Å². The lowest BCUT2D eigenvalue weighted by molar-refractivity contribution is -0.122. The van der Waals surface area contributed by atoms with E-state index in [1.54, 1.807) is 0 Å². The average molecular weight is 330 g/mol. The number of nitrogens with one attached hydrogen (secondary N) is 1. The smallest absolute Gasteiger partial charge is 0.358 e. The summed E-state index contributed by atoms with van der Waals surface area (Å²) in [5.41, 5.74) is 2.10. The molecule has 2 rings (SSSR count). The summed E-state index contributed by atoms with van der Waals surface area (Å²) < 4.78 is 1.21.